The van der Waals surface area contributed by atoms with Gasteiger partial charge in [0.25, 0.3) is 0 Å². The Morgan fingerprint density at radius 2 is 1.36 bits per heavy atom. The predicted octanol–water partition coefficient (Wildman–Crippen LogP) is 6.96. The van der Waals surface area contributed by atoms with Crippen molar-refractivity contribution in [3.8, 4) is 0 Å². The smallest absolute Gasteiger partial charge is 0.412 e. The molecule has 8 heteroatoms. The third-order valence-corrected chi connectivity index (χ3v) is 7.95. The molecule has 0 aromatic rings. The Kier molecular flexibility index (Phi) is 16.9. The Labute approximate surface area is 237 Å². The van der Waals surface area contributed by atoms with Crippen molar-refractivity contribution in [1.29, 1.82) is 0 Å². The van der Waals surface area contributed by atoms with Gasteiger partial charge in [0.05, 0.1) is 7.05 Å². The van der Waals surface area contributed by atoms with Crippen LogP contribution in [0.5, 0.6) is 0 Å². The summed E-state index contributed by atoms with van der Waals surface area (Å²) in [6.07, 6.45) is 25.8. The number of fused-ring (bicyclic) bond motifs is 1. The van der Waals surface area contributed by atoms with Crippen LogP contribution in [0.1, 0.15) is 110 Å². The minimum Gasteiger partial charge on any atom is -0.447 e. The molecule has 0 aliphatic carbocycles. The van der Waals surface area contributed by atoms with E-state index in [0.717, 1.165) is 19.4 Å². The number of nitrogens with zero attached hydrogens (tertiary/aromatic N) is 1. The molecule has 3 atom stereocenters. The number of quaternary nitrogens is 1. The molecule has 39 heavy (non-hydrogen) atoms. The van der Waals surface area contributed by atoms with Gasteiger partial charge in [0.15, 0.2) is 5.70 Å². The molecule has 0 saturated carbocycles. The lowest BCUT2D eigenvalue weighted by molar-refractivity contribution is -0.768. The van der Waals surface area contributed by atoms with E-state index < -0.39 is 18.3 Å². The Morgan fingerprint density at radius 1 is 0.846 bits per heavy atom. The fourth-order valence-electron chi connectivity index (χ4n) is 5.17. The van der Waals surface area contributed by atoms with Crippen LogP contribution in [0.25, 0.3) is 0 Å². The minimum absolute atomic E-state index is 0.0163. The highest BCUT2D eigenvalue weighted by Gasteiger charge is 2.60. The summed E-state index contributed by atoms with van der Waals surface area (Å²) in [6.45, 7) is 3.79. The number of alkyl carbamates (subject to hydrolysis) is 2. The molecule has 0 aromatic heterocycles. The molecule has 1 fully saturated rings. The molecule has 0 bridgehead atoms. The molecule has 0 aromatic carbocycles. The maximum absolute atomic E-state index is 12.2. The van der Waals surface area contributed by atoms with Crippen molar-refractivity contribution in [3.63, 3.8) is 0 Å². The molecule has 2 rings (SSSR count). The standard InChI is InChI=1S/C31H55N3O5/c1-4-5-6-7-8-9-10-11-12-13-14-15-16-17-18-20-23-32-30(35)38-25-27(37-3)26-39-31(36)33-29-28-22-19-21-24-34(28,29)2/h19,21-22,27,29H,4-18,20,23-26H2,1-3H3,(H-,32,33,35,36)/p+1. The van der Waals surface area contributed by atoms with Crippen molar-refractivity contribution in [2.45, 2.75) is 122 Å². The highest BCUT2D eigenvalue weighted by atomic mass is 16.6. The number of carbonyl (C=O) groups is 2. The number of rotatable bonds is 23. The van der Waals surface area contributed by atoms with Gasteiger partial charge in [-0.15, -0.1) is 0 Å². The van der Waals surface area contributed by atoms with Crippen LogP contribution in [-0.4, -0.2) is 69.4 Å². The van der Waals surface area contributed by atoms with Crippen molar-refractivity contribution < 1.29 is 28.3 Å². The Bertz CT molecular complexity index is 757. The molecular formula is C31H56N3O5+. The Hall–Kier alpha value is -2.06. The maximum atomic E-state index is 12.2. The summed E-state index contributed by atoms with van der Waals surface area (Å²) < 4.78 is 16.5. The quantitative estimate of drug-likeness (QED) is 0.0816. The van der Waals surface area contributed by atoms with Crippen LogP contribution in [0.2, 0.25) is 0 Å². The zero-order valence-electron chi connectivity index (χ0n) is 25.0. The number of nitrogens with one attached hydrogen (secondary N) is 2. The van der Waals surface area contributed by atoms with Crippen molar-refractivity contribution in [1.82, 2.24) is 10.6 Å². The average molecular weight is 551 g/mol. The van der Waals surface area contributed by atoms with E-state index >= 15 is 0 Å². The summed E-state index contributed by atoms with van der Waals surface area (Å²) in [4.78, 5) is 24.1. The third kappa shape index (κ3) is 13.7. The number of methoxy groups -OCH3 is 1. The highest BCUT2D eigenvalue weighted by molar-refractivity contribution is 5.68. The zero-order valence-corrected chi connectivity index (χ0v) is 25.0. The lowest BCUT2D eigenvalue weighted by Crippen LogP contribution is -2.38. The molecule has 0 spiro atoms. The van der Waals surface area contributed by atoms with E-state index in [9.17, 15) is 9.59 Å². The summed E-state index contributed by atoms with van der Waals surface area (Å²) in [5.41, 5.74) is 1.17. The van der Waals surface area contributed by atoms with E-state index in [0.29, 0.717) is 11.0 Å². The number of amides is 2. The topological polar surface area (TPSA) is 85.9 Å². The first kappa shape index (κ1) is 33.1. The molecule has 224 valence electrons. The molecule has 1 saturated heterocycles. The van der Waals surface area contributed by atoms with Gasteiger partial charge >= 0.3 is 12.2 Å². The monoisotopic (exact) mass is 550 g/mol. The highest BCUT2D eigenvalue weighted by Crippen LogP contribution is 2.41. The van der Waals surface area contributed by atoms with E-state index in [-0.39, 0.29) is 19.4 Å². The summed E-state index contributed by atoms with van der Waals surface area (Å²) in [5.74, 6) is 0. The van der Waals surface area contributed by atoms with Gasteiger partial charge in [-0.2, -0.15) is 0 Å². The third-order valence-electron chi connectivity index (χ3n) is 7.95. The number of allylic oxidation sites excluding steroid dienone is 2. The van der Waals surface area contributed by atoms with Gasteiger partial charge in [0.2, 0.25) is 6.17 Å². The number of hydrogen-bond donors (Lipinski definition) is 2. The predicted molar refractivity (Wildman–Crippen MR) is 156 cm³/mol. The van der Waals surface area contributed by atoms with Crippen LogP contribution in [0.15, 0.2) is 23.9 Å². The van der Waals surface area contributed by atoms with E-state index in [1.165, 1.54) is 103 Å². The molecular weight excluding hydrogens is 494 g/mol. The maximum Gasteiger partial charge on any atom is 0.412 e. The zero-order chi connectivity index (χ0) is 28.2. The second-order valence-electron chi connectivity index (χ2n) is 11.3. The SMILES string of the molecule is CCCCCCCCCCCCCCCCCCNC(=O)OCC(COC(=O)NC1C2=CC=CC[N+]21C)OC. The second-order valence-corrected chi connectivity index (χ2v) is 11.3. The second kappa shape index (κ2) is 19.9. The lowest BCUT2D eigenvalue weighted by Gasteiger charge is -2.16. The van der Waals surface area contributed by atoms with E-state index in [2.05, 4.69) is 30.7 Å². The molecule has 8 nitrogen and oxygen atoms in total. The average Bonchev–Trinajstić information content (AvgIpc) is 3.53. The van der Waals surface area contributed by atoms with Crippen molar-refractivity contribution in [2.75, 3.05) is 40.5 Å². The first-order valence-corrected chi connectivity index (χ1v) is 15.6. The van der Waals surface area contributed by atoms with Gasteiger partial charge in [-0.05, 0) is 12.5 Å². The summed E-state index contributed by atoms with van der Waals surface area (Å²) in [6, 6.07) is 0. The van der Waals surface area contributed by atoms with Crippen LogP contribution < -0.4 is 10.6 Å². The fraction of sp³-hybridized carbons (Fsp3) is 0.806. The van der Waals surface area contributed by atoms with Gasteiger partial charge in [0, 0.05) is 19.7 Å². The number of unbranched alkanes of at least 4 members (excludes halogenated alkanes) is 15. The molecule has 2 aliphatic rings. The van der Waals surface area contributed by atoms with Gasteiger partial charge in [-0.3, -0.25) is 9.80 Å². The van der Waals surface area contributed by atoms with Gasteiger partial charge in [-0.1, -0.05) is 109 Å². The van der Waals surface area contributed by atoms with Crippen LogP contribution in [0.4, 0.5) is 9.59 Å². The summed E-state index contributed by atoms with van der Waals surface area (Å²) >= 11 is 0. The summed E-state index contributed by atoms with van der Waals surface area (Å²) in [7, 11) is 3.58. The van der Waals surface area contributed by atoms with E-state index in [4.69, 9.17) is 14.2 Å². The lowest BCUT2D eigenvalue weighted by atomic mass is 10.0. The fourth-order valence-corrected chi connectivity index (χ4v) is 5.17. The van der Waals surface area contributed by atoms with Crippen LogP contribution in [-0.2, 0) is 14.2 Å². The first-order valence-electron chi connectivity index (χ1n) is 15.6. The molecule has 2 amide bonds. The minimum atomic E-state index is -0.510. The number of ether oxygens (including phenoxy) is 3. The summed E-state index contributed by atoms with van der Waals surface area (Å²) in [5, 5.41) is 5.67. The number of likely N-dealkylation sites (N-methyl/N-ethyl adjacent to an activating group) is 1. The van der Waals surface area contributed by atoms with Crippen LogP contribution >= 0.6 is 0 Å². The first-order chi connectivity index (χ1) is 19.0. The van der Waals surface area contributed by atoms with Crippen LogP contribution in [0.3, 0.4) is 0 Å². The Balaban J connectivity index is 1.34. The van der Waals surface area contributed by atoms with Crippen molar-refractivity contribution >= 4 is 12.2 Å². The molecule has 0 radical (unpaired) electrons. The number of carbonyl (C=O) groups excluding carboxylic acids is 2. The molecule has 2 heterocycles. The van der Waals surface area contributed by atoms with Crippen molar-refractivity contribution in [2.24, 2.45) is 0 Å². The largest absolute Gasteiger partial charge is 0.447 e. The molecule has 3 unspecified atom stereocenters. The van der Waals surface area contributed by atoms with E-state index in [1.807, 2.05) is 12.2 Å². The normalized spacial score (nSPS) is 20.1. The van der Waals surface area contributed by atoms with Crippen molar-refractivity contribution in [3.05, 3.63) is 23.9 Å². The van der Waals surface area contributed by atoms with Gasteiger partial charge in [0.1, 0.15) is 25.9 Å². The van der Waals surface area contributed by atoms with E-state index in [1.54, 1.807) is 0 Å². The van der Waals surface area contributed by atoms with Crippen LogP contribution in [0, 0.1) is 0 Å². The Morgan fingerprint density at radius 3 is 1.85 bits per heavy atom. The number of hydrogen-bond acceptors (Lipinski definition) is 5. The van der Waals surface area contributed by atoms with Gasteiger partial charge in [-0.25, -0.2) is 9.59 Å². The van der Waals surface area contributed by atoms with Gasteiger partial charge < -0.3 is 19.5 Å². The molecule has 2 aliphatic heterocycles. The molecule has 2 N–H and O–H groups in total.